The average molecular weight is 410 g/mol. The molecule has 2 aromatic carbocycles. The van der Waals surface area contributed by atoms with Gasteiger partial charge in [0, 0.05) is 6.07 Å². The van der Waals surface area contributed by atoms with Crippen molar-refractivity contribution < 1.29 is 22.0 Å². The van der Waals surface area contributed by atoms with Gasteiger partial charge in [-0.1, -0.05) is 31.2 Å². The van der Waals surface area contributed by atoms with E-state index in [0.717, 1.165) is 46.3 Å². The zero-order valence-electron chi connectivity index (χ0n) is 16.2. The Morgan fingerprint density at radius 3 is 2.18 bits per heavy atom. The molecule has 5 nitrogen and oxygen atoms in total. The van der Waals surface area contributed by atoms with Gasteiger partial charge in [0.1, 0.15) is 6.04 Å². The van der Waals surface area contributed by atoms with Crippen molar-refractivity contribution in [2.75, 3.05) is 10.6 Å². The summed E-state index contributed by atoms with van der Waals surface area (Å²) in [6.45, 7) is 5.22. The SMILES string of the molecule is CCc1ccc(C(C)NC(=O)C(C)N(c2ccc(F)c(F)c2)S(C)(=O)=O)cc1. The molecule has 152 valence electrons. The maximum atomic E-state index is 13.6. The molecule has 28 heavy (non-hydrogen) atoms. The first-order chi connectivity index (χ1) is 13.0. The van der Waals surface area contributed by atoms with Gasteiger partial charge in [0.2, 0.25) is 15.9 Å². The van der Waals surface area contributed by atoms with Crippen molar-refractivity contribution in [3.8, 4) is 0 Å². The molecular formula is C20H24F2N2O3S. The number of benzene rings is 2. The lowest BCUT2D eigenvalue weighted by Gasteiger charge is -2.29. The fraction of sp³-hybridized carbons (Fsp3) is 0.350. The lowest BCUT2D eigenvalue weighted by Crippen LogP contribution is -2.48. The van der Waals surface area contributed by atoms with Gasteiger partial charge < -0.3 is 5.32 Å². The largest absolute Gasteiger partial charge is 0.348 e. The number of carbonyl (C=O) groups excluding carboxylic acids is 1. The van der Waals surface area contributed by atoms with Crippen LogP contribution >= 0.6 is 0 Å². The maximum Gasteiger partial charge on any atom is 0.244 e. The minimum Gasteiger partial charge on any atom is -0.348 e. The zero-order chi connectivity index (χ0) is 21.1. The van der Waals surface area contributed by atoms with E-state index in [1.165, 1.54) is 6.92 Å². The van der Waals surface area contributed by atoms with Crippen LogP contribution in [0, 0.1) is 11.6 Å². The fourth-order valence-corrected chi connectivity index (χ4v) is 4.06. The Hall–Kier alpha value is -2.48. The van der Waals surface area contributed by atoms with Gasteiger partial charge in [0.15, 0.2) is 11.6 Å². The van der Waals surface area contributed by atoms with E-state index >= 15 is 0 Å². The summed E-state index contributed by atoms with van der Waals surface area (Å²) in [5.74, 6) is -2.84. The van der Waals surface area contributed by atoms with E-state index < -0.39 is 33.6 Å². The van der Waals surface area contributed by atoms with Crippen LogP contribution in [0.2, 0.25) is 0 Å². The van der Waals surface area contributed by atoms with E-state index in [1.807, 2.05) is 31.2 Å². The zero-order valence-corrected chi connectivity index (χ0v) is 17.1. The number of aryl methyl sites for hydroxylation is 1. The third-order valence-corrected chi connectivity index (χ3v) is 5.73. The van der Waals surface area contributed by atoms with Crippen LogP contribution < -0.4 is 9.62 Å². The average Bonchev–Trinajstić information content (AvgIpc) is 2.63. The summed E-state index contributed by atoms with van der Waals surface area (Å²) in [5, 5.41) is 2.77. The number of hydrogen-bond donors (Lipinski definition) is 1. The van der Waals surface area contributed by atoms with E-state index in [0.29, 0.717) is 0 Å². The Kier molecular flexibility index (Phi) is 6.77. The number of nitrogens with one attached hydrogen (secondary N) is 1. The predicted octanol–water partition coefficient (Wildman–Crippen LogP) is 3.56. The fourth-order valence-electron chi connectivity index (χ4n) is 2.89. The number of halogens is 2. The topological polar surface area (TPSA) is 66.5 Å². The molecule has 0 radical (unpaired) electrons. The highest BCUT2D eigenvalue weighted by atomic mass is 32.2. The van der Waals surface area contributed by atoms with Gasteiger partial charge >= 0.3 is 0 Å². The van der Waals surface area contributed by atoms with Gasteiger partial charge in [-0.15, -0.1) is 0 Å². The van der Waals surface area contributed by atoms with E-state index in [1.54, 1.807) is 6.92 Å². The van der Waals surface area contributed by atoms with Crippen LogP contribution in [0.3, 0.4) is 0 Å². The summed E-state index contributed by atoms with van der Waals surface area (Å²) in [6, 6.07) is 8.92. The van der Waals surface area contributed by atoms with Crippen LogP contribution in [0.4, 0.5) is 14.5 Å². The summed E-state index contributed by atoms with van der Waals surface area (Å²) in [4.78, 5) is 12.7. The molecule has 0 saturated carbocycles. The minimum absolute atomic E-state index is 0.121. The molecule has 1 amide bonds. The number of carbonyl (C=O) groups is 1. The van der Waals surface area contributed by atoms with Crippen molar-refractivity contribution in [1.29, 1.82) is 0 Å². The Morgan fingerprint density at radius 1 is 1.07 bits per heavy atom. The van der Waals surface area contributed by atoms with Gasteiger partial charge in [0.05, 0.1) is 18.0 Å². The predicted molar refractivity (Wildman–Crippen MR) is 106 cm³/mol. The molecule has 2 unspecified atom stereocenters. The number of amides is 1. The summed E-state index contributed by atoms with van der Waals surface area (Å²) in [6.07, 6.45) is 1.81. The van der Waals surface area contributed by atoms with Gasteiger partial charge in [-0.3, -0.25) is 9.10 Å². The van der Waals surface area contributed by atoms with Crippen LogP contribution in [-0.4, -0.2) is 26.6 Å². The highest BCUT2D eigenvalue weighted by molar-refractivity contribution is 7.92. The third-order valence-electron chi connectivity index (χ3n) is 4.49. The Morgan fingerprint density at radius 2 is 1.68 bits per heavy atom. The number of rotatable bonds is 7. The first-order valence-electron chi connectivity index (χ1n) is 8.88. The van der Waals surface area contributed by atoms with Gasteiger partial charge in [-0.25, -0.2) is 17.2 Å². The normalized spacial score (nSPS) is 13.6. The lowest BCUT2D eigenvalue weighted by molar-refractivity contribution is -0.122. The number of nitrogens with zero attached hydrogens (tertiary/aromatic N) is 1. The van der Waals surface area contributed by atoms with E-state index in [4.69, 9.17) is 0 Å². The quantitative estimate of drug-likeness (QED) is 0.759. The molecular weight excluding hydrogens is 386 g/mol. The van der Waals surface area contributed by atoms with Crippen LogP contribution in [0.5, 0.6) is 0 Å². The first kappa shape index (κ1) is 21.8. The third kappa shape index (κ3) is 5.07. The molecule has 2 aromatic rings. The Bertz CT molecular complexity index is 946. The second-order valence-electron chi connectivity index (χ2n) is 6.66. The van der Waals surface area contributed by atoms with E-state index in [9.17, 15) is 22.0 Å². The van der Waals surface area contributed by atoms with Crippen LogP contribution in [0.15, 0.2) is 42.5 Å². The molecule has 1 N–H and O–H groups in total. The van der Waals surface area contributed by atoms with Crippen LogP contribution in [0.25, 0.3) is 0 Å². The molecule has 0 spiro atoms. The summed E-state index contributed by atoms with van der Waals surface area (Å²) >= 11 is 0. The van der Waals surface area contributed by atoms with Crippen LogP contribution in [-0.2, 0) is 21.2 Å². The smallest absolute Gasteiger partial charge is 0.244 e. The Balaban J connectivity index is 2.24. The van der Waals surface area contributed by atoms with Crippen molar-refractivity contribution in [1.82, 2.24) is 5.32 Å². The molecule has 8 heteroatoms. The van der Waals surface area contributed by atoms with Crippen molar-refractivity contribution >= 4 is 21.6 Å². The summed E-state index contributed by atoms with van der Waals surface area (Å²) in [5.41, 5.74) is 1.91. The minimum atomic E-state index is -3.92. The highest BCUT2D eigenvalue weighted by Gasteiger charge is 2.30. The highest BCUT2D eigenvalue weighted by Crippen LogP contribution is 2.24. The molecule has 0 saturated heterocycles. The Labute approximate surface area is 164 Å². The molecule has 0 fully saturated rings. The van der Waals surface area contributed by atoms with E-state index in [-0.39, 0.29) is 11.7 Å². The number of sulfonamides is 1. The standard InChI is InChI=1S/C20H24F2N2O3S/c1-5-15-6-8-16(9-7-15)13(2)23-20(25)14(3)24(28(4,26)27)17-10-11-18(21)19(22)12-17/h6-14H,5H2,1-4H3,(H,23,25). The molecule has 0 aromatic heterocycles. The van der Waals surface area contributed by atoms with Crippen molar-refractivity contribution in [3.63, 3.8) is 0 Å². The number of anilines is 1. The van der Waals surface area contributed by atoms with Crippen LogP contribution in [0.1, 0.15) is 37.9 Å². The molecule has 2 rings (SSSR count). The molecule has 0 aliphatic heterocycles. The van der Waals surface area contributed by atoms with Gasteiger partial charge in [-0.2, -0.15) is 0 Å². The summed E-state index contributed by atoms with van der Waals surface area (Å²) in [7, 11) is -3.92. The van der Waals surface area contributed by atoms with Gasteiger partial charge in [0.25, 0.3) is 0 Å². The van der Waals surface area contributed by atoms with Gasteiger partial charge in [-0.05, 0) is 43.5 Å². The maximum absolute atomic E-state index is 13.6. The summed E-state index contributed by atoms with van der Waals surface area (Å²) < 4.78 is 52.0. The second-order valence-corrected chi connectivity index (χ2v) is 8.52. The van der Waals surface area contributed by atoms with E-state index in [2.05, 4.69) is 5.32 Å². The number of hydrogen-bond acceptors (Lipinski definition) is 3. The monoisotopic (exact) mass is 410 g/mol. The molecule has 0 aliphatic rings. The molecule has 0 aliphatic carbocycles. The molecule has 0 bridgehead atoms. The van der Waals surface area contributed by atoms with Crippen molar-refractivity contribution in [2.24, 2.45) is 0 Å². The lowest BCUT2D eigenvalue weighted by atomic mass is 10.0. The van der Waals surface area contributed by atoms with Crippen molar-refractivity contribution in [3.05, 3.63) is 65.2 Å². The first-order valence-corrected chi connectivity index (χ1v) is 10.7. The second kappa shape index (κ2) is 8.68. The molecule has 0 heterocycles. The van der Waals surface area contributed by atoms with Crippen molar-refractivity contribution in [2.45, 2.75) is 39.3 Å². The molecule has 2 atom stereocenters.